The van der Waals surface area contributed by atoms with Crippen LogP contribution in [0.1, 0.15) is 17.2 Å². The van der Waals surface area contributed by atoms with Gasteiger partial charge in [0.2, 0.25) is 0 Å². The standard InChI is InChI=1S/C15H16O3/c1-18-14-8-2-11(3-9-14)10-15(17)12-4-6-13(16)7-5-12/h2-9,15-17H,10H2,1H3. The topological polar surface area (TPSA) is 49.7 Å². The number of phenolic OH excluding ortho intramolecular Hbond substituents is 1. The van der Waals surface area contributed by atoms with Crippen molar-refractivity contribution in [1.82, 2.24) is 0 Å². The first-order valence-electron chi connectivity index (χ1n) is 5.79. The molecular formula is C15H16O3. The van der Waals surface area contributed by atoms with Crippen LogP contribution >= 0.6 is 0 Å². The number of methoxy groups -OCH3 is 1. The first-order chi connectivity index (χ1) is 8.69. The lowest BCUT2D eigenvalue weighted by molar-refractivity contribution is 0.178. The number of aliphatic hydroxyl groups is 1. The van der Waals surface area contributed by atoms with Gasteiger partial charge in [-0.2, -0.15) is 0 Å². The summed E-state index contributed by atoms with van der Waals surface area (Å²) in [6, 6.07) is 14.2. The smallest absolute Gasteiger partial charge is 0.118 e. The Balaban J connectivity index is 2.05. The molecular weight excluding hydrogens is 228 g/mol. The molecule has 1 unspecified atom stereocenters. The molecule has 3 nitrogen and oxygen atoms in total. The van der Waals surface area contributed by atoms with Gasteiger partial charge in [0, 0.05) is 6.42 Å². The van der Waals surface area contributed by atoms with Crippen molar-refractivity contribution in [2.45, 2.75) is 12.5 Å². The molecule has 0 saturated carbocycles. The number of hydrogen-bond donors (Lipinski definition) is 2. The highest BCUT2D eigenvalue weighted by Gasteiger charge is 2.08. The molecule has 2 aromatic rings. The van der Waals surface area contributed by atoms with Gasteiger partial charge in [-0.1, -0.05) is 24.3 Å². The summed E-state index contributed by atoms with van der Waals surface area (Å²) < 4.78 is 5.08. The van der Waals surface area contributed by atoms with E-state index in [1.54, 1.807) is 31.4 Å². The van der Waals surface area contributed by atoms with Crippen LogP contribution in [-0.2, 0) is 6.42 Å². The van der Waals surface area contributed by atoms with E-state index < -0.39 is 6.10 Å². The number of benzene rings is 2. The van der Waals surface area contributed by atoms with Gasteiger partial charge in [-0.25, -0.2) is 0 Å². The van der Waals surface area contributed by atoms with E-state index >= 15 is 0 Å². The van der Waals surface area contributed by atoms with Crippen LogP contribution in [-0.4, -0.2) is 17.3 Å². The lowest BCUT2D eigenvalue weighted by Crippen LogP contribution is -2.01. The normalized spacial score (nSPS) is 12.1. The predicted octanol–water partition coefficient (Wildman–Crippen LogP) is 2.68. The summed E-state index contributed by atoms with van der Waals surface area (Å²) in [5.74, 6) is 1.01. The van der Waals surface area contributed by atoms with E-state index in [0.717, 1.165) is 16.9 Å². The number of phenols is 1. The van der Waals surface area contributed by atoms with Crippen LogP contribution in [0.15, 0.2) is 48.5 Å². The van der Waals surface area contributed by atoms with Crippen LogP contribution in [0.25, 0.3) is 0 Å². The summed E-state index contributed by atoms with van der Waals surface area (Å²) >= 11 is 0. The monoisotopic (exact) mass is 244 g/mol. The number of rotatable bonds is 4. The molecule has 2 N–H and O–H groups in total. The predicted molar refractivity (Wildman–Crippen MR) is 69.8 cm³/mol. The third-order valence-corrected chi connectivity index (χ3v) is 2.87. The zero-order chi connectivity index (χ0) is 13.0. The molecule has 0 aliphatic heterocycles. The molecule has 0 aromatic heterocycles. The highest BCUT2D eigenvalue weighted by molar-refractivity contribution is 5.31. The van der Waals surface area contributed by atoms with Gasteiger partial charge in [0.1, 0.15) is 11.5 Å². The minimum atomic E-state index is -0.570. The van der Waals surface area contributed by atoms with Gasteiger partial charge in [-0.15, -0.1) is 0 Å². The molecule has 0 aliphatic carbocycles. The van der Waals surface area contributed by atoms with E-state index in [4.69, 9.17) is 4.74 Å². The molecule has 2 rings (SSSR count). The largest absolute Gasteiger partial charge is 0.508 e. The fourth-order valence-corrected chi connectivity index (χ4v) is 1.80. The van der Waals surface area contributed by atoms with Gasteiger partial charge < -0.3 is 14.9 Å². The molecule has 94 valence electrons. The second kappa shape index (κ2) is 5.56. The molecule has 0 heterocycles. The Bertz CT molecular complexity index is 488. The van der Waals surface area contributed by atoms with E-state index in [-0.39, 0.29) is 5.75 Å². The fraction of sp³-hybridized carbons (Fsp3) is 0.200. The Morgan fingerprint density at radius 1 is 1.00 bits per heavy atom. The van der Waals surface area contributed by atoms with Gasteiger partial charge in [0.05, 0.1) is 13.2 Å². The van der Waals surface area contributed by atoms with Gasteiger partial charge >= 0.3 is 0 Å². The average Bonchev–Trinajstić information content (AvgIpc) is 2.40. The van der Waals surface area contributed by atoms with Crippen LogP contribution in [0.3, 0.4) is 0 Å². The van der Waals surface area contributed by atoms with Crippen molar-refractivity contribution < 1.29 is 14.9 Å². The maximum absolute atomic E-state index is 10.1. The average molecular weight is 244 g/mol. The number of aliphatic hydroxyl groups excluding tert-OH is 1. The first-order valence-corrected chi connectivity index (χ1v) is 5.79. The maximum atomic E-state index is 10.1. The van der Waals surface area contributed by atoms with E-state index in [2.05, 4.69) is 0 Å². The Morgan fingerprint density at radius 3 is 2.17 bits per heavy atom. The number of aromatic hydroxyl groups is 1. The molecule has 0 fully saturated rings. The van der Waals surface area contributed by atoms with Crippen molar-refractivity contribution in [2.24, 2.45) is 0 Å². The lowest BCUT2D eigenvalue weighted by atomic mass is 10.0. The van der Waals surface area contributed by atoms with Gasteiger partial charge in [0.15, 0.2) is 0 Å². The summed E-state index contributed by atoms with van der Waals surface area (Å²) in [5.41, 5.74) is 1.83. The van der Waals surface area contributed by atoms with Gasteiger partial charge in [0.25, 0.3) is 0 Å². The molecule has 0 radical (unpaired) electrons. The van der Waals surface area contributed by atoms with Crippen LogP contribution in [0.2, 0.25) is 0 Å². The third-order valence-electron chi connectivity index (χ3n) is 2.87. The summed E-state index contributed by atoms with van der Waals surface area (Å²) in [6.07, 6.45) is -0.0339. The first kappa shape index (κ1) is 12.5. The maximum Gasteiger partial charge on any atom is 0.118 e. The summed E-state index contributed by atoms with van der Waals surface area (Å²) in [7, 11) is 1.63. The van der Waals surface area contributed by atoms with Crippen molar-refractivity contribution in [3.05, 3.63) is 59.7 Å². The minimum Gasteiger partial charge on any atom is -0.508 e. The van der Waals surface area contributed by atoms with E-state index in [0.29, 0.717) is 6.42 Å². The molecule has 0 spiro atoms. The summed E-state index contributed by atoms with van der Waals surface area (Å²) in [4.78, 5) is 0. The van der Waals surface area contributed by atoms with Crippen LogP contribution < -0.4 is 4.74 Å². The molecule has 2 aromatic carbocycles. The highest BCUT2D eigenvalue weighted by atomic mass is 16.5. The zero-order valence-corrected chi connectivity index (χ0v) is 10.2. The second-order valence-corrected chi connectivity index (χ2v) is 4.16. The van der Waals surface area contributed by atoms with Crippen molar-refractivity contribution >= 4 is 0 Å². The fourth-order valence-electron chi connectivity index (χ4n) is 1.80. The SMILES string of the molecule is COc1ccc(CC(O)c2ccc(O)cc2)cc1. The molecule has 18 heavy (non-hydrogen) atoms. The van der Waals surface area contributed by atoms with Gasteiger partial charge in [-0.05, 0) is 35.4 Å². The Hall–Kier alpha value is -2.00. The van der Waals surface area contributed by atoms with Crippen LogP contribution in [0, 0.1) is 0 Å². The zero-order valence-electron chi connectivity index (χ0n) is 10.2. The minimum absolute atomic E-state index is 0.204. The Morgan fingerprint density at radius 2 is 1.61 bits per heavy atom. The summed E-state index contributed by atoms with van der Waals surface area (Å²) in [6.45, 7) is 0. The van der Waals surface area contributed by atoms with Crippen molar-refractivity contribution in [2.75, 3.05) is 7.11 Å². The molecule has 0 bridgehead atoms. The quantitative estimate of drug-likeness (QED) is 0.869. The van der Waals surface area contributed by atoms with Crippen molar-refractivity contribution in [1.29, 1.82) is 0 Å². The van der Waals surface area contributed by atoms with E-state index in [9.17, 15) is 10.2 Å². The summed E-state index contributed by atoms with van der Waals surface area (Å²) in [5, 5.41) is 19.3. The Kier molecular flexibility index (Phi) is 3.85. The molecule has 0 aliphatic rings. The van der Waals surface area contributed by atoms with Crippen molar-refractivity contribution in [3.63, 3.8) is 0 Å². The van der Waals surface area contributed by atoms with Crippen LogP contribution in [0.5, 0.6) is 11.5 Å². The molecule has 0 saturated heterocycles. The third kappa shape index (κ3) is 3.02. The number of hydrogen-bond acceptors (Lipinski definition) is 3. The van der Waals surface area contributed by atoms with Gasteiger partial charge in [-0.3, -0.25) is 0 Å². The Labute approximate surface area is 106 Å². The van der Waals surface area contributed by atoms with Crippen molar-refractivity contribution in [3.8, 4) is 11.5 Å². The highest BCUT2D eigenvalue weighted by Crippen LogP contribution is 2.21. The lowest BCUT2D eigenvalue weighted by Gasteiger charge is -2.11. The molecule has 1 atom stereocenters. The van der Waals surface area contributed by atoms with Crippen LogP contribution in [0.4, 0.5) is 0 Å². The second-order valence-electron chi connectivity index (χ2n) is 4.16. The van der Waals surface area contributed by atoms with E-state index in [1.807, 2.05) is 24.3 Å². The molecule has 3 heteroatoms. The van der Waals surface area contributed by atoms with E-state index in [1.165, 1.54) is 0 Å². The molecule has 0 amide bonds. The number of ether oxygens (including phenoxy) is 1.